The first-order valence-electron chi connectivity index (χ1n) is 10.6. The lowest BCUT2D eigenvalue weighted by atomic mass is 9.96. The number of nitrogens with zero attached hydrogens (tertiary/aromatic N) is 4. The maximum absolute atomic E-state index is 12.6. The van der Waals surface area contributed by atoms with Crippen molar-refractivity contribution in [3.05, 3.63) is 52.3 Å². The Labute approximate surface area is 171 Å². The first kappa shape index (κ1) is 19.5. The van der Waals surface area contributed by atoms with Crippen molar-refractivity contribution in [2.45, 2.75) is 45.1 Å². The summed E-state index contributed by atoms with van der Waals surface area (Å²) in [6.07, 6.45) is 5.89. The molecule has 29 heavy (non-hydrogen) atoms. The van der Waals surface area contributed by atoms with Gasteiger partial charge in [-0.15, -0.1) is 5.10 Å². The van der Waals surface area contributed by atoms with E-state index in [1.807, 2.05) is 36.1 Å². The molecule has 1 aliphatic carbocycles. The van der Waals surface area contributed by atoms with Gasteiger partial charge in [0, 0.05) is 38.3 Å². The van der Waals surface area contributed by atoms with E-state index in [0.29, 0.717) is 32.2 Å². The van der Waals surface area contributed by atoms with Crippen molar-refractivity contribution in [2.75, 3.05) is 31.1 Å². The fourth-order valence-corrected chi connectivity index (χ4v) is 4.09. The first-order valence-corrected chi connectivity index (χ1v) is 10.6. The van der Waals surface area contributed by atoms with E-state index in [1.54, 1.807) is 12.1 Å². The van der Waals surface area contributed by atoms with Crippen LogP contribution in [0, 0.1) is 6.92 Å². The number of hydrogen-bond acceptors (Lipinski definition) is 4. The monoisotopic (exact) mass is 395 g/mol. The van der Waals surface area contributed by atoms with Crippen molar-refractivity contribution in [3.63, 3.8) is 0 Å². The van der Waals surface area contributed by atoms with Gasteiger partial charge in [0.2, 0.25) is 0 Å². The van der Waals surface area contributed by atoms with Gasteiger partial charge in [-0.3, -0.25) is 4.79 Å². The molecular weight excluding hydrogens is 366 g/mol. The summed E-state index contributed by atoms with van der Waals surface area (Å²) in [6, 6.07) is 11.5. The predicted molar refractivity (Wildman–Crippen MR) is 114 cm³/mol. The molecule has 7 heteroatoms. The van der Waals surface area contributed by atoms with Gasteiger partial charge >= 0.3 is 6.03 Å². The molecule has 1 saturated heterocycles. The van der Waals surface area contributed by atoms with Crippen molar-refractivity contribution in [1.29, 1.82) is 0 Å². The average Bonchev–Trinajstić information content (AvgIpc) is 2.76. The van der Waals surface area contributed by atoms with Gasteiger partial charge in [0.25, 0.3) is 5.56 Å². The molecule has 1 saturated carbocycles. The van der Waals surface area contributed by atoms with Crippen LogP contribution in [0.1, 0.15) is 37.7 Å². The molecule has 0 bridgehead atoms. The number of aryl methyl sites for hydroxylation is 1. The number of nitrogens with one attached hydrogen (secondary N) is 1. The van der Waals surface area contributed by atoms with Crippen LogP contribution in [0.4, 0.5) is 10.6 Å². The van der Waals surface area contributed by atoms with Crippen LogP contribution in [-0.2, 0) is 0 Å². The van der Waals surface area contributed by atoms with Crippen LogP contribution in [0.5, 0.6) is 0 Å². The number of benzene rings is 1. The van der Waals surface area contributed by atoms with E-state index in [2.05, 4.69) is 15.3 Å². The van der Waals surface area contributed by atoms with Crippen LogP contribution in [0.2, 0.25) is 0 Å². The zero-order valence-electron chi connectivity index (χ0n) is 17.0. The summed E-state index contributed by atoms with van der Waals surface area (Å²) >= 11 is 0. The number of piperazine rings is 1. The normalized spacial score (nSPS) is 18.0. The molecule has 2 amide bonds. The van der Waals surface area contributed by atoms with Crippen LogP contribution >= 0.6 is 0 Å². The Morgan fingerprint density at radius 1 is 0.966 bits per heavy atom. The summed E-state index contributed by atoms with van der Waals surface area (Å²) in [5, 5.41) is 7.76. The first-order chi connectivity index (χ1) is 14.1. The van der Waals surface area contributed by atoms with Crippen molar-refractivity contribution >= 4 is 11.8 Å². The van der Waals surface area contributed by atoms with Crippen molar-refractivity contribution in [1.82, 2.24) is 20.0 Å². The highest BCUT2D eigenvalue weighted by atomic mass is 16.2. The molecule has 2 aliphatic rings. The highest BCUT2D eigenvalue weighted by Gasteiger charge is 2.24. The highest BCUT2D eigenvalue weighted by molar-refractivity contribution is 5.74. The van der Waals surface area contributed by atoms with Crippen LogP contribution in [0.25, 0.3) is 5.69 Å². The average molecular weight is 396 g/mol. The van der Waals surface area contributed by atoms with Gasteiger partial charge in [-0.1, -0.05) is 37.0 Å². The Kier molecular flexibility index (Phi) is 5.83. The summed E-state index contributed by atoms with van der Waals surface area (Å²) in [4.78, 5) is 28.9. The third-order valence-corrected chi connectivity index (χ3v) is 5.89. The summed E-state index contributed by atoms with van der Waals surface area (Å²) in [6.45, 7) is 4.74. The van der Waals surface area contributed by atoms with Crippen LogP contribution in [0.3, 0.4) is 0 Å². The molecule has 154 valence electrons. The van der Waals surface area contributed by atoms with E-state index in [0.717, 1.165) is 29.9 Å². The Balaban J connectivity index is 1.39. The SMILES string of the molecule is Cc1ccc(-n2nc(N3CCN(C(=O)NC4CCCCC4)CC3)ccc2=O)cc1. The fraction of sp³-hybridized carbons (Fsp3) is 0.500. The Bertz CT molecular complexity index is 894. The van der Waals surface area contributed by atoms with Crippen molar-refractivity contribution in [3.8, 4) is 5.69 Å². The smallest absolute Gasteiger partial charge is 0.317 e. The zero-order valence-corrected chi connectivity index (χ0v) is 17.0. The van der Waals surface area contributed by atoms with E-state index in [9.17, 15) is 9.59 Å². The van der Waals surface area contributed by atoms with E-state index in [1.165, 1.54) is 23.9 Å². The second-order valence-electron chi connectivity index (χ2n) is 8.04. The molecule has 1 aromatic carbocycles. The van der Waals surface area contributed by atoms with Crippen molar-refractivity contribution < 1.29 is 4.79 Å². The maximum Gasteiger partial charge on any atom is 0.317 e. The van der Waals surface area contributed by atoms with Gasteiger partial charge in [-0.2, -0.15) is 4.68 Å². The number of urea groups is 1. The molecule has 0 atom stereocenters. The molecule has 0 radical (unpaired) electrons. The quantitative estimate of drug-likeness (QED) is 0.868. The largest absolute Gasteiger partial charge is 0.352 e. The van der Waals surface area contributed by atoms with Gasteiger partial charge < -0.3 is 15.1 Å². The maximum atomic E-state index is 12.6. The van der Waals surface area contributed by atoms with Gasteiger partial charge in [0.1, 0.15) is 5.82 Å². The molecule has 7 nitrogen and oxygen atoms in total. The van der Waals surface area contributed by atoms with E-state index < -0.39 is 0 Å². The lowest BCUT2D eigenvalue weighted by Gasteiger charge is -2.36. The van der Waals surface area contributed by atoms with E-state index in [4.69, 9.17) is 0 Å². The number of amides is 2. The topological polar surface area (TPSA) is 70.5 Å². The zero-order chi connectivity index (χ0) is 20.2. The molecule has 2 aromatic rings. The molecule has 0 unspecified atom stereocenters. The Morgan fingerprint density at radius 3 is 2.34 bits per heavy atom. The molecular formula is C22H29N5O2. The third-order valence-electron chi connectivity index (χ3n) is 5.89. The minimum atomic E-state index is -0.150. The van der Waals surface area contributed by atoms with Crippen LogP contribution < -0.4 is 15.8 Å². The summed E-state index contributed by atoms with van der Waals surface area (Å²) in [5.41, 5.74) is 1.75. The second kappa shape index (κ2) is 8.68. The molecule has 1 N–H and O–H groups in total. The minimum absolute atomic E-state index is 0.0501. The number of carbonyl (C=O) groups excluding carboxylic acids is 1. The Morgan fingerprint density at radius 2 is 1.66 bits per heavy atom. The van der Waals surface area contributed by atoms with Gasteiger partial charge in [0.05, 0.1) is 5.69 Å². The lowest BCUT2D eigenvalue weighted by Crippen LogP contribution is -2.54. The fourth-order valence-electron chi connectivity index (χ4n) is 4.09. The highest BCUT2D eigenvalue weighted by Crippen LogP contribution is 2.18. The molecule has 4 rings (SSSR count). The number of rotatable bonds is 3. The molecule has 1 aliphatic heterocycles. The number of hydrogen-bond donors (Lipinski definition) is 1. The summed E-state index contributed by atoms with van der Waals surface area (Å²) in [5.74, 6) is 0.762. The molecule has 2 fully saturated rings. The minimum Gasteiger partial charge on any atom is -0.352 e. The van der Waals surface area contributed by atoms with Crippen molar-refractivity contribution in [2.24, 2.45) is 0 Å². The summed E-state index contributed by atoms with van der Waals surface area (Å²) in [7, 11) is 0. The van der Waals surface area contributed by atoms with Gasteiger partial charge in [-0.25, -0.2) is 4.79 Å². The molecule has 2 heterocycles. The van der Waals surface area contributed by atoms with E-state index >= 15 is 0 Å². The third kappa shape index (κ3) is 4.60. The van der Waals surface area contributed by atoms with Gasteiger partial charge in [0.15, 0.2) is 0 Å². The second-order valence-corrected chi connectivity index (χ2v) is 8.04. The standard InChI is InChI=1S/C22H29N5O2/c1-17-7-9-19(10-8-17)27-21(28)12-11-20(24-27)25-13-15-26(16-14-25)22(29)23-18-5-3-2-4-6-18/h7-12,18H,2-6,13-16H2,1H3,(H,23,29). The molecule has 0 spiro atoms. The Hall–Kier alpha value is -2.83. The van der Waals surface area contributed by atoms with Crippen LogP contribution in [0.15, 0.2) is 41.2 Å². The lowest BCUT2D eigenvalue weighted by molar-refractivity contribution is 0.186. The predicted octanol–water partition coefficient (Wildman–Crippen LogP) is 2.71. The van der Waals surface area contributed by atoms with Gasteiger partial charge in [-0.05, 0) is 38.0 Å². The number of aromatic nitrogens is 2. The number of anilines is 1. The number of carbonyl (C=O) groups is 1. The summed E-state index contributed by atoms with van der Waals surface area (Å²) < 4.78 is 1.44. The van der Waals surface area contributed by atoms with E-state index in [-0.39, 0.29) is 11.6 Å². The molecule has 1 aromatic heterocycles. The van der Waals surface area contributed by atoms with Crippen LogP contribution in [-0.4, -0.2) is 52.9 Å².